The number of allylic oxidation sites excluding steroid dienone is 1. The third kappa shape index (κ3) is 6.73. The van der Waals surface area contributed by atoms with Gasteiger partial charge in [0.05, 0.1) is 17.0 Å². The third-order valence-electron chi connectivity index (χ3n) is 2.58. The van der Waals surface area contributed by atoms with Crippen molar-refractivity contribution in [2.75, 3.05) is 5.32 Å². The van der Waals surface area contributed by atoms with Crippen molar-refractivity contribution in [1.29, 1.82) is 0 Å². The molecule has 1 heterocycles. The van der Waals surface area contributed by atoms with E-state index < -0.39 is 11.7 Å². The molecule has 0 saturated heterocycles. The fourth-order valence-corrected chi connectivity index (χ4v) is 2.37. The highest BCUT2D eigenvalue weighted by atomic mass is 32.1. The van der Waals surface area contributed by atoms with Crippen molar-refractivity contribution in [3.05, 3.63) is 53.2 Å². The smallest absolute Gasteiger partial charge is 0.416 e. The van der Waals surface area contributed by atoms with E-state index in [1.807, 2.05) is 19.2 Å². The molecule has 0 radical (unpaired) electrons. The van der Waals surface area contributed by atoms with Crippen molar-refractivity contribution in [3.63, 3.8) is 0 Å². The molecule has 0 aliphatic rings. The average molecular weight is 344 g/mol. The molecule has 0 spiro atoms. The molecular weight excluding hydrogens is 325 g/mol. The van der Waals surface area contributed by atoms with Crippen molar-refractivity contribution in [1.82, 2.24) is 4.98 Å². The van der Waals surface area contributed by atoms with Crippen LogP contribution in [0, 0.1) is 0 Å². The van der Waals surface area contributed by atoms with Gasteiger partial charge >= 0.3 is 6.18 Å². The lowest BCUT2D eigenvalue weighted by Gasteiger charge is -2.08. The Hall–Kier alpha value is -2.02. The Morgan fingerprint density at radius 2 is 1.78 bits per heavy atom. The first kappa shape index (κ1) is 19.0. The van der Waals surface area contributed by atoms with E-state index in [-0.39, 0.29) is 5.76 Å². The van der Waals surface area contributed by atoms with Crippen LogP contribution in [0.25, 0.3) is 0 Å². The first-order valence-corrected chi connectivity index (χ1v) is 7.71. The summed E-state index contributed by atoms with van der Waals surface area (Å²) in [7, 11) is 0. The van der Waals surface area contributed by atoms with E-state index in [2.05, 4.69) is 16.9 Å². The zero-order valence-corrected chi connectivity index (χ0v) is 13.9. The molecule has 23 heavy (non-hydrogen) atoms. The van der Waals surface area contributed by atoms with Gasteiger partial charge in [-0.3, -0.25) is 0 Å². The molecule has 0 bridgehead atoms. The maximum Gasteiger partial charge on any atom is 0.416 e. The number of benzene rings is 1. The van der Waals surface area contributed by atoms with Crippen LogP contribution in [0.15, 0.2) is 42.0 Å². The molecule has 0 saturated carbocycles. The third-order valence-corrected chi connectivity index (χ3v) is 3.35. The van der Waals surface area contributed by atoms with Gasteiger partial charge in [0.25, 0.3) is 0 Å². The van der Waals surface area contributed by atoms with Crippen molar-refractivity contribution < 1.29 is 18.3 Å². The van der Waals surface area contributed by atoms with Gasteiger partial charge in [0, 0.05) is 11.1 Å². The Kier molecular flexibility index (Phi) is 6.62. The second kappa shape index (κ2) is 8.01. The Morgan fingerprint density at radius 1 is 1.26 bits per heavy atom. The summed E-state index contributed by atoms with van der Waals surface area (Å²) in [4.78, 5) is 4.36. The van der Waals surface area contributed by atoms with Crippen LogP contribution in [0.4, 0.5) is 24.0 Å². The monoisotopic (exact) mass is 344 g/mol. The largest absolute Gasteiger partial charge is 0.513 e. The second-order valence-corrected chi connectivity index (χ2v) is 6.03. The van der Waals surface area contributed by atoms with Gasteiger partial charge in [0.1, 0.15) is 0 Å². The lowest BCUT2D eigenvalue weighted by molar-refractivity contribution is -0.137. The highest BCUT2D eigenvalue weighted by Crippen LogP contribution is 2.31. The maximum atomic E-state index is 12.4. The fraction of sp³-hybridized carbons (Fsp3) is 0.312. The number of hydrogen-bond donors (Lipinski definition) is 2. The van der Waals surface area contributed by atoms with Crippen molar-refractivity contribution in [2.45, 2.75) is 32.9 Å². The predicted molar refractivity (Wildman–Crippen MR) is 88.4 cm³/mol. The molecule has 2 rings (SSSR count). The number of hydrogen-bond acceptors (Lipinski definition) is 4. The highest BCUT2D eigenvalue weighted by Gasteiger charge is 2.29. The minimum absolute atomic E-state index is 0.167. The lowest BCUT2D eigenvalue weighted by Crippen LogP contribution is -2.04. The van der Waals surface area contributed by atoms with E-state index in [1.54, 1.807) is 0 Å². The zero-order chi connectivity index (χ0) is 17.6. The Labute approximate surface area is 137 Å². The molecule has 0 unspecified atom stereocenters. The summed E-state index contributed by atoms with van der Waals surface area (Å²) in [6.45, 7) is 8.72. The topological polar surface area (TPSA) is 45.1 Å². The Bertz CT molecular complexity index is 630. The molecule has 0 aliphatic heterocycles. The summed E-state index contributed by atoms with van der Waals surface area (Å²) in [5, 5.41) is 13.5. The molecule has 0 atom stereocenters. The number of aliphatic hydroxyl groups is 1. The van der Waals surface area contributed by atoms with E-state index in [0.717, 1.165) is 17.8 Å². The molecule has 7 heteroatoms. The van der Waals surface area contributed by atoms with Crippen LogP contribution >= 0.6 is 11.3 Å². The molecule has 0 amide bonds. The normalized spacial score (nSPS) is 10.9. The maximum absolute atomic E-state index is 12.4. The van der Waals surface area contributed by atoms with Gasteiger partial charge in [-0.05, 0) is 37.1 Å². The van der Waals surface area contributed by atoms with Gasteiger partial charge in [-0.15, -0.1) is 11.3 Å². The summed E-state index contributed by atoms with van der Waals surface area (Å²) >= 11 is 1.44. The van der Waals surface area contributed by atoms with Gasteiger partial charge in [0.15, 0.2) is 5.13 Å². The highest BCUT2D eigenvalue weighted by molar-refractivity contribution is 7.13. The number of nitrogens with zero attached hydrogens (tertiary/aromatic N) is 1. The minimum Gasteiger partial charge on any atom is -0.513 e. The van der Waals surface area contributed by atoms with Crippen LogP contribution in [0.1, 0.15) is 37.9 Å². The first-order chi connectivity index (χ1) is 10.6. The molecule has 2 N–H and O–H groups in total. The Balaban J connectivity index is 0.000000593. The number of nitrogens with one attached hydrogen (secondary N) is 1. The first-order valence-electron chi connectivity index (χ1n) is 6.83. The number of thiazole rings is 1. The van der Waals surface area contributed by atoms with Crippen LogP contribution in [-0.2, 0) is 6.18 Å². The van der Waals surface area contributed by atoms with Crippen LogP contribution in [0.2, 0.25) is 0 Å². The molecule has 2 aromatic rings. The summed E-state index contributed by atoms with van der Waals surface area (Å²) in [6, 6.07) is 4.91. The van der Waals surface area contributed by atoms with Gasteiger partial charge in [-0.25, -0.2) is 4.98 Å². The molecule has 3 nitrogen and oxygen atoms in total. The van der Waals surface area contributed by atoms with Gasteiger partial charge < -0.3 is 10.4 Å². The van der Waals surface area contributed by atoms with Gasteiger partial charge in [-0.1, -0.05) is 20.4 Å². The summed E-state index contributed by atoms with van der Waals surface area (Å²) in [5.74, 6) is 0.499. The van der Waals surface area contributed by atoms with Crippen molar-refractivity contribution in [3.8, 4) is 0 Å². The zero-order valence-electron chi connectivity index (χ0n) is 13.1. The molecule has 1 aromatic heterocycles. The van der Waals surface area contributed by atoms with Crippen LogP contribution in [0.3, 0.4) is 0 Å². The Morgan fingerprint density at radius 3 is 2.17 bits per heavy atom. The molecule has 1 aromatic carbocycles. The SMILES string of the molecule is C=C(C)O.CC(C)c1csc(Nc2ccc(C(F)(F)F)cc2)n1. The molecular formula is C16H19F3N2OS. The quantitative estimate of drug-likeness (QED) is 0.661. The van der Waals surface area contributed by atoms with Crippen LogP contribution in [-0.4, -0.2) is 10.1 Å². The summed E-state index contributed by atoms with van der Waals surface area (Å²) in [5.41, 5.74) is 0.914. The lowest BCUT2D eigenvalue weighted by atomic mass is 10.2. The van der Waals surface area contributed by atoms with Gasteiger partial charge in [0.2, 0.25) is 0 Å². The average Bonchev–Trinajstić information content (AvgIpc) is 2.86. The van der Waals surface area contributed by atoms with E-state index >= 15 is 0 Å². The van der Waals surface area contributed by atoms with E-state index in [4.69, 9.17) is 5.11 Å². The molecule has 126 valence electrons. The summed E-state index contributed by atoms with van der Waals surface area (Å²) < 4.78 is 37.2. The second-order valence-electron chi connectivity index (χ2n) is 5.17. The predicted octanol–water partition coefficient (Wildman–Crippen LogP) is 6.11. The number of halogens is 3. The minimum atomic E-state index is -4.30. The number of rotatable bonds is 3. The standard InChI is InChI=1S/C13H13F3N2S.C3H6O/c1-8(2)11-7-19-12(18-11)17-10-5-3-9(4-6-10)13(14,15)16;1-3(2)4/h3-8H,1-2H3,(H,17,18);4H,1H2,2H3. The van der Waals surface area contributed by atoms with E-state index in [9.17, 15) is 13.2 Å². The van der Waals surface area contributed by atoms with E-state index in [1.165, 1.54) is 30.4 Å². The van der Waals surface area contributed by atoms with Gasteiger partial charge in [-0.2, -0.15) is 13.2 Å². The number of aromatic nitrogens is 1. The number of aliphatic hydroxyl groups excluding tert-OH is 1. The van der Waals surface area contributed by atoms with Crippen LogP contribution in [0.5, 0.6) is 0 Å². The van der Waals surface area contributed by atoms with Crippen molar-refractivity contribution >= 4 is 22.2 Å². The molecule has 0 aliphatic carbocycles. The van der Waals surface area contributed by atoms with Crippen LogP contribution < -0.4 is 5.32 Å². The molecule has 0 fully saturated rings. The number of alkyl halides is 3. The fourth-order valence-electron chi connectivity index (χ4n) is 1.47. The number of anilines is 2. The summed E-state index contributed by atoms with van der Waals surface area (Å²) in [6.07, 6.45) is -4.30. The van der Waals surface area contributed by atoms with Crippen molar-refractivity contribution in [2.24, 2.45) is 0 Å². The van der Waals surface area contributed by atoms with E-state index in [0.29, 0.717) is 16.7 Å².